The van der Waals surface area contributed by atoms with Gasteiger partial charge in [0.1, 0.15) is 0 Å². The van der Waals surface area contributed by atoms with Crippen LogP contribution < -0.4 is 14.8 Å². The molecule has 0 aliphatic rings. The lowest BCUT2D eigenvalue weighted by Gasteiger charge is -2.17. The minimum absolute atomic E-state index is 0.260. The van der Waals surface area contributed by atoms with Crippen LogP contribution in [0.15, 0.2) is 18.2 Å². The summed E-state index contributed by atoms with van der Waals surface area (Å²) in [4.78, 5) is 0. The lowest BCUT2D eigenvalue weighted by molar-refractivity contribution is 0.164. The third-order valence-electron chi connectivity index (χ3n) is 2.87. The van der Waals surface area contributed by atoms with Crippen molar-refractivity contribution in [3.8, 4) is 11.5 Å². The Kier molecular flexibility index (Phi) is 7.63. The number of alkyl halides is 1. The zero-order valence-corrected chi connectivity index (χ0v) is 12.5. The van der Waals surface area contributed by atoms with E-state index >= 15 is 0 Å². The monoisotopic (exact) mass is 287 g/mol. The number of ether oxygens (including phenoxy) is 3. The van der Waals surface area contributed by atoms with Gasteiger partial charge in [-0.3, -0.25) is 0 Å². The lowest BCUT2D eigenvalue weighted by atomic mass is 10.1. The van der Waals surface area contributed by atoms with Crippen LogP contribution in [0.3, 0.4) is 0 Å². The molecule has 1 unspecified atom stereocenters. The van der Waals surface area contributed by atoms with E-state index < -0.39 is 0 Å². The first kappa shape index (κ1) is 16.1. The molecule has 0 aromatic heterocycles. The molecule has 1 rings (SSSR count). The van der Waals surface area contributed by atoms with Gasteiger partial charge in [-0.05, 0) is 24.1 Å². The molecule has 0 amide bonds. The standard InChI is InChI=1S/C14H22ClNO3/c1-17-10-12(6-7-15)16-9-11-4-5-13(18-2)14(8-11)19-3/h4-5,8,12,16H,6-7,9-10H2,1-3H3. The summed E-state index contributed by atoms with van der Waals surface area (Å²) in [6.07, 6.45) is 0.878. The van der Waals surface area contributed by atoms with Gasteiger partial charge in [0, 0.05) is 25.6 Å². The van der Waals surface area contributed by atoms with Crippen molar-refractivity contribution in [2.24, 2.45) is 0 Å². The molecule has 19 heavy (non-hydrogen) atoms. The van der Waals surface area contributed by atoms with Crippen LogP contribution in [-0.2, 0) is 11.3 Å². The van der Waals surface area contributed by atoms with E-state index in [2.05, 4.69) is 5.32 Å². The molecular formula is C14H22ClNO3. The van der Waals surface area contributed by atoms with Crippen molar-refractivity contribution in [1.29, 1.82) is 0 Å². The molecule has 0 aliphatic carbocycles. The van der Waals surface area contributed by atoms with Gasteiger partial charge in [-0.1, -0.05) is 6.07 Å². The molecule has 4 nitrogen and oxygen atoms in total. The van der Waals surface area contributed by atoms with Crippen LogP contribution in [0.2, 0.25) is 0 Å². The molecule has 0 bridgehead atoms. The van der Waals surface area contributed by atoms with Gasteiger partial charge in [0.05, 0.1) is 20.8 Å². The largest absolute Gasteiger partial charge is 0.493 e. The minimum atomic E-state index is 0.260. The highest BCUT2D eigenvalue weighted by Crippen LogP contribution is 2.27. The summed E-state index contributed by atoms with van der Waals surface area (Å²) >= 11 is 5.77. The van der Waals surface area contributed by atoms with Crippen LogP contribution in [0.1, 0.15) is 12.0 Å². The highest BCUT2D eigenvalue weighted by atomic mass is 35.5. The first-order valence-corrected chi connectivity index (χ1v) is 6.77. The first-order chi connectivity index (χ1) is 9.24. The van der Waals surface area contributed by atoms with Crippen LogP contribution in [0, 0.1) is 0 Å². The fraction of sp³-hybridized carbons (Fsp3) is 0.571. The summed E-state index contributed by atoms with van der Waals surface area (Å²) in [6, 6.07) is 6.15. The number of benzene rings is 1. The highest BCUT2D eigenvalue weighted by Gasteiger charge is 2.09. The Balaban J connectivity index is 2.60. The van der Waals surface area contributed by atoms with Crippen molar-refractivity contribution in [3.05, 3.63) is 23.8 Å². The Morgan fingerprint density at radius 2 is 1.89 bits per heavy atom. The predicted octanol–water partition coefficient (Wildman–Crippen LogP) is 2.44. The van der Waals surface area contributed by atoms with Crippen LogP contribution >= 0.6 is 11.6 Å². The maximum Gasteiger partial charge on any atom is 0.161 e. The van der Waals surface area contributed by atoms with Crippen LogP contribution in [0.5, 0.6) is 11.5 Å². The maximum absolute atomic E-state index is 5.77. The second kappa shape index (κ2) is 9.02. The fourth-order valence-corrected chi connectivity index (χ4v) is 2.09. The van der Waals surface area contributed by atoms with Gasteiger partial charge in [0.15, 0.2) is 11.5 Å². The fourth-order valence-electron chi connectivity index (χ4n) is 1.83. The Morgan fingerprint density at radius 3 is 2.47 bits per heavy atom. The number of halogens is 1. The number of hydrogen-bond acceptors (Lipinski definition) is 4. The van der Waals surface area contributed by atoms with Crippen LogP contribution in [0.25, 0.3) is 0 Å². The summed E-state index contributed by atoms with van der Waals surface area (Å²) in [6.45, 7) is 1.39. The molecule has 0 radical (unpaired) electrons. The molecule has 5 heteroatoms. The number of nitrogens with one attached hydrogen (secondary N) is 1. The van der Waals surface area contributed by atoms with E-state index in [1.807, 2.05) is 18.2 Å². The highest BCUT2D eigenvalue weighted by molar-refractivity contribution is 6.17. The summed E-state index contributed by atoms with van der Waals surface area (Å²) in [5.41, 5.74) is 1.13. The molecule has 0 saturated heterocycles. The SMILES string of the molecule is COCC(CCCl)NCc1ccc(OC)c(OC)c1. The second-order valence-corrected chi connectivity index (χ2v) is 4.58. The molecule has 0 heterocycles. The Bertz CT molecular complexity index is 368. The molecule has 0 aliphatic heterocycles. The van der Waals surface area contributed by atoms with Gasteiger partial charge >= 0.3 is 0 Å². The Labute approximate surface area is 120 Å². The molecule has 0 fully saturated rings. The molecule has 1 aromatic rings. The normalized spacial score (nSPS) is 12.2. The van der Waals surface area contributed by atoms with Crippen molar-refractivity contribution in [1.82, 2.24) is 5.32 Å². The molecular weight excluding hydrogens is 266 g/mol. The average Bonchev–Trinajstić information content (AvgIpc) is 2.44. The van der Waals surface area contributed by atoms with Gasteiger partial charge in [0.25, 0.3) is 0 Å². The van der Waals surface area contributed by atoms with Crippen molar-refractivity contribution in [2.45, 2.75) is 19.0 Å². The van der Waals surface area contributed by atoms with Crippen molar-refractivity contribution >= 4 is 11.6 Å². The summed E-state index contributed by atoms with van der Waals surface area (Å²) in [5, 5.41) is 3.42. The molecule has 0 saturated carbocycles. The predicted molar refractivity (Wildman–Crippen MR) is 77.4 cm³/mol. The van der Waals surface area contributed by atoms with Gasteiger partial charge in [-0.15, -0.1) is 11.6 Å². The maximum atomic E-state index is 5.77. The molecule has 0 spiro atoms. The summed E-state index contributed by atoms with van der Waals surface area (Å²) in [5.74, 6) is 2.09. The molecule has 1 N–H and O–H groups in total. The van der Waals surface area contributed by atoms with Crippen molar-refractivity contribution in [2.75, 3.05) is 33.8 Å². The Hall–Kier alpha value is -0.970. The molecule has 1 atom stereocenters. The van der Waals surface area contributed by atoms with E-state index in [1.54, 1.807) is 21.3 Å². The van der Waals surface area contributed by atoms with Crippen molar-refractivity contribution in [3.63, 3.8) is 0 Å². The van der Waals surface area contributed by atoms with E-state index in [1.165, 1.54) is 0 Å². The van der Waals surface area contributed by atoms with E-state index in [-0.39, 0.29) is 6.04 Å². The van der Waals surface area contributed by atoms with Gasteiger partial charge in [0.2, 0.25) is 0 Å². The zero-order valence-electron chi connectivity index (χ0n) is 11.7. The van der Waals surface area contributed by atoms with E-state index in [4.69, 9.17) is 25.8 Å². The van der Waals surface area contributed by atoms with Crippen LogP contribution in [0.4, 0.5) is 0 Å². The summed E-state index contributed by atoms with van der Waals surface area (Å²) in [7, 11) is 4.96. The number of rotatable bonds is 9. The molecule has 1 aromatic carbocycles. The quantitative estimate of drug-likeness (QED) is 0.708. The third kappa shape index (κ3) is 5.27. The van der Waals surface area contributed by atoms with Gasteiger partial charge < -0.3 is 19.5 Å². The topological polar surface area (TPSA) is 39.7 Å². The first-order valence-electron chi connectivity index (χ1n) is 6.24. The van der Waals surface area contributed by atoms with Crippen molar-refractivity contribution < 1.29 is 14.2 Å². The van der Waals surface area contributed by atoms with Gasteiger partial charge in [-0.25, -0.2) is 0 Å². The smallest absolute Gasteiger partial charge is 0.161 e. The van der Waals surface area contributed by atoms with E-state index in [0.29, 0.717) is 12.5 Å². The third-order valence-corrected chi connectivity index (χ3v) is 3.09. The summed E-state index contributed by atoms with van der Waals surface area (Å²) < 4.78 is 15.7. The van der Waals surface area contributed by atoms with Crippen LogP contribution in [-0.4, -0.2) is 39.9 Å². The zero-order chi connectivity index (χ0) is 14.1. The molecule has 108 valence electrons. The lowest BCUT2D eigenvalue weighted by Crippen LogP contribution is -2.33. The Morgan fingerprint density at radius 1 is 1.16 bits per heavy atom. The minimum Gasteiger partial charge on any atom is -0.493 e. The average molecular weight is 288 g/mol. The number of methoxy groups -OCH3 is 3. The van der Waals surface area contributed by atoms with E-state index in [9.17, 15) is 0 Å². The number of hydrogen-bond donors (Lipinski definition) is 1. The van der Waals surface area contributed by atoms with Gasteiger partial charge in [-0.2, -0.15) is 0 Å². The van der Waals surface area contributed by atoms with E-state index in [0.717, 1.165) is 30.0 Å². The second-order valence-electron chi connectivity index (χ2n) is 4.20.